The first-order chi connectivity index (χ1) is 11.2. The third kappa shape index (κ3) is 5.92. The van der Waals surface area contributed by atoms with Crippen LogP contribution in [0.4, 0.5) is 5.69 Å². The molecule has 1 aromatic heterocycles. The molecule has 0 bridgehead atoms. The lowest BCUT2D eigenvalue weighted by atomic mass is 10.1. The van der Waals surface area contributed by atoms with Crippen LogP contribution in [0.3, 0.4) is 0 Å². The standard InChI is InChI=1S/C16H18ClN3O3S/c1-11-3-4-18-10-15(11)20-16(21)8-12-5-13(7-14(17)6-12)9-19-24(2,22)23/h3-7,10,19H,8-9H2,1-2H3,(H,20,21). The smallest absolute Gasteiger partial charge is 0.228 e. The molecule has 2 N–H and O–H groups in total. The van der Waals surface area contributed by atoms with E-state index in [0.29, 0.717) is 21.8 Å². The van der Waals surface area contributed by atoms with Crippen LogP contribution in [0.15, 0.2) is 36.7 Å². The predicted octanol–water partition coefficient (Wildman–Crippen LogP) is 2.27. The maximum absolute atomic E-state index is 12.2. The second-order valence-corrected chi connectivity index (χ2v) is 7.75. The summed E-state index contributed by atoms with van der Waals surface area (Å²) in [4.78, 5) is 16.2. The van der Waals surface area contributed by atoms with E-state index >= 15 is 0 Å². The van der Waals surface area contributed by atoms with Gasteiger partial charge in [0.2, 0.25) is 15.9 Å². The highest BCUT2D eigenvalue weighted by molar-refractivity contribution is 7.88. The fraction of sp³-hybridized carbons (Fsp3) is 0.250. The van der Waals surface area contributed by atoms with Crippen molar-refractivity contribution in [2.75, 3.05) is 11.6 Å². The van der Waals surface area contributed by atoms with Crippen LogP contribution in [0.2, 0.25) is 5.02 Å². The SMILES string of the molecule is Cc1ccncc1NC(=O)Cc1cc(Cl)cc(CNS(C)(=O)=O)c1. The topological polar surface area (TPSA) is 88.2 Å². The molecule has 2 aromatic rings. The Bertz CT molecular complexity index is 853. The largest absolute Gasteiger partial charge is 0.324 e. The van der Waals surface area contributed by atoms with Crippen LogP contribution < -0.4 is 10.0 Å². The summed E-state index contributed by atoms with van der Waals surface area (Å²) in [5.74, 6) is -0.199. The summed E-state index contributed by atoms with van der Waals surface area (Å²) < 4.78 is 24.7. The molecule has 0 aliphatic heterocycles. The number of carbonyl (C=O) groups excluding carboxylic acids is 1. The molecule has 0 aliphatic carbocycles. The van der Waals surface area contributed by atoms with Crippen molar-refractivity contribution in [2.45, 2.75) is 19.9 Å². The molecule has 0 radical (unpaired) electrons. The number of pyridine rings is 1. The number of rotatable bonds is 6. The maximum atomic E-state index is 12.2. The van der Waals surface area contributed by atoms with Gasteiger partial charge in [0.05, 0.1) is 24.6 Å². The van der Waals surface area contributed by atoms with Crippen LogP contribution >= 0.6 is 11.6 Å². The average Bonchev–Trinajstić information content (AvgIpc) is 2.46. The van der Waals surface area contributed by atoms with Crippen molar-refractivity contribution in [3.63, 3.8) is 0 Å². The predicted molar refractivity (Wildman–Crippen MR) is 94.4 cm³/mol. The summed E-state index contributed by atoms with van der Waals surface area (Å²) in [6.45, 7) is 2.00. The van der Waals surface area contributed by atoms with Gasteiger partial charge in [-0.1, -0.05) is 17.7 Å². The van der Waals surface area contributed by atoms with Gasteiger partial charge in [-0.3, -0.25) is 9.78 Å². The zero-order valence-electron chi connectivity index (χ0n) is 13.3. The molecule has 0 saturated heterocycles. The normalized spacial score (nSPS) is 11.3. The van der Waals surface area contributed by atoms with Gasteiger partial charge in [0.15, 0.2) is 0 Å². The van der Waals surface area contributed by atoms with Gasteiger partial charge in [0.25, 0.3) is 0 Å². The number of benzene rings is 1. The number of halogens is 1. The lowest BCUT2D eigenvalue weighted by molar-refractivity contribution is -0.115. The molecule has 2 rings (SSSR count). The van der Waals surface area contributed by atoms with E-state index in [9.17, 15) is 13.2 Å². The summed E-state index contributed by atoms with van der Waals surface area (Å²) in [5.41, 5.74) is 2.96. The summed E-state index contributed by atoms with van der Waals surface area (Å²) in [7, 11) is -3.30. The second-order valence-electron chi connectivity index (χ2n) is 5.48. The Labute approximate surface area is 146 Å². The molecular formula is C16H18ClN3O3S. The van der Waals surface area contributed by atoms with Gasteiger partial charge in [0, 0.05) is 17.8 Å². The number of aryl methyl sites for hydroxylation is 1. The van der Waals surface area contributed by atoms with Crippen LogP contribution in [-0.2, 0) is 27.8 Å². The Morgan fingerprint density at radius 3 is 2.62 bits per heavy atom. The Morgan fingerprint density at radius 2 is 1.96 bits per heavy atom. The molecule has 8 heteroatoms. The molecule has 1 aromatic carbocycles. The maximum Gasteiger partial charge on any atom is 0.228 e. The van der Waals surface area contributed by atoms with E-state index in [1.807, 2.05) is 13.0 Å². The molecular weight excluding hydrogens is 350 g/mol. The monoisotopic (exact) mass is 367 g/mol. The Hall–Kier alpha value is -1.96. The first-order valence-corrected chi connectivity index (χ1v) is 9.43. The van der Waals surface area contributed by atoms with Crippen molar-refractivity contribution in [1.29, 1.82) is 0 Å². The fourth-order valence-corrected chi connectivity index (χ4v) is 2.82. The molecule has 0 aliphatic rings. The van der Waals surface area contributed by atoms with E-state index < -0.39 is 10.0 Å². The van der Waals surface area contributed by atoms with Crippen molar-refractivity contribution in [3.8, 4) is 0 Å². The number of nitrogens with one attached hydrogen (secondary N) is 2. The molecule has 0 atom stereocenters. The van der Waals surface area contributed by atoms with Crippen LogP contribution in [0, 0.1) is 6.92 Å². The molecule has 6 nitrogen and oxygen atoms in total. The number of hydrogen-bond donors (Lipinski definition) is 2. The minimum Gasteiger partial charge on any atom is -0.324 e. The number of carbonyl (C=O) groups is 1. The van der Waals surface area contributed by atoms with E-state index in [1.54, 1.807) is 30.6 Å². The number of hydrogen-bond acceptors (Lipinski definition) is 4. The van der Waals surface area contributed by atoms with Crippen molar-refractivity contribution in [1.82, 2.24) is 9.71 Å². The fourth-order valence-electron chi connectivity index (χ4n) is 2.11. The second kappa shape index (κ2) is 7.74. The van der Waals surface area contributed by atoms with Gasteiger partial charge in [0.1, 0.15) is 0 Å². The molecule has 0 spiro atoms. The van der Waals surface area contributed by atoms with Crippen molar-refractivity contribution in [2.24, 2.45) is 0 Å². The van der Waals surface area contributed by atoms with E-state index in [1.165, 1.54) is 0 Å². The molecule has 24 heavy (non-hydrogen) atoms. The number of nitrogens with zero attached hydrogens (tertiary/aromatic N) is 1. The quantitative estimate of drug-likeness (QED) is 0.819. The highest BCUT2D eigenvalue weighted by Gasteiger charge is 2.09. The van der Waals surface area contributed by atoms with Gasteiger partial charge in [-0.05, 0) is 41.8 Å². The molecule has 0 fully saturated rings. The number of aromatic nitrogens is 1. The lowest BCUT2D eigenvalue weighted by Gasteiger charge is -2.09. The summed E-state index contributed by atoms with van der Waals surface area (Å²) in [6, 6.07) is 6.90. The van der Waals surface area contributed by atoms with E-state index in [-0.39, 0.29) is 18.9 Å². The van der Waals surface area contributed by atoms with Crippen LogP contribution in [-0.4, -0.2) is 25.6 Å². The minimum absolute atomic E-state index is 0.121. The molecule has 0 saturated carbocycles. The molecule has 0 unspecified atom stereocenters. The third-order valence-electron chi connectivity index (χ3n) is 3.23. The van der Waals surface area contributed by atoms with Crippen LogP contribution in [0.5, 0.6) is 0 Å². The zero-order chi connectivity index (χ0) is 17.7. The first kappa shape index (κ1) is 18.4. The number of anilines is 1. The van der Waals surface area contributed by atoms with Gasteiger partial charge < -0.3 is 5.32 Å². The van der Waals surface area contributed by atoms with Crippen molar-refractivity contribution < 1.29 is 13.2 Å². The van der Waals surface area contributed by atoms with Gasteiger partial charge in [-0.15, -0.1) is 0 Å². The van der Waals surface area contributed by atoms with E-state index in [4.69, 9.17) is 11.6 Å². The van der Waals surface area contributed by atoms with Crippen molar-refractivity contribution >= 4 is 33.2 Å². The zero-order valence-corrected chi connectivity index (χ0v) is 14.9. The molecule has 1 amide bonds. The van der Waals surface area contributed by atoms with Gasteiger partial charge in [-0.2, -0.15) is 0 Å². The summed E-state index contributed by atoms with van der Waals surface area (Å²) in [6.07, 6.45) is 4.46. The Morgan fingerprint density at radius 1 is 1.25 bits per heavy atom. The van der Waals surface area contributed by atoms with Crippen LogP contribution in [0.25, 0.3) is 0 Å². The van der Waals surface area contributed by atoms with E-state index in [2.05, 4.69) is 15.0 Å². The molecule has 1 heterocycles. The number of sulfonamides is 1. The number of amides is 1. The van der Waals surface area contributed by atoms with E-state index in [0.717, 1.165) is 11.8 Å². The average molecular weight is 368 g/mol. The highest BCUT2D eigenvalue weighted by atomic mass is 35.5. The Balaban J connectivity index is 2.07. The summed E-state index contributed by atoms with van der Waals surface area (Å²) >= 11 is 6.05. The Kier molecular flexibility index (Phi) is 5.93. The summed E-state index contributed by atoms with van der Waals surface area (Å²) in [5, 5.41) is 3.25. The van der Waals surface area contributed by atoms with Gasteiger partial charge >= 0.3 is 0 Å². The van der Waals surface area contributed by atoms with Crippen LogP contribution in [0.1, 0.15) is 16.7 Å². The first-order valence-electron chi connectivity index (χ1n) is 7.16. The molecule has 128 valence electrons. The van der Waals surface area contributed by atoms with Gasteiger partial charge in [-0.25, -0.2) is 13.1 Å². The minimum atomic E-state index is -3.30. The lowest BCUT2D eigenvalue weighted by Crippen LogP contribution is -2.21. The third-order valence-corrected chi connectivity index (χ3v) is 4.12. The van der Waals surface area contributed by atoms with Crippen molar-refractivity contribution in [3.05, 3.63) is 58.4 Å². The highest BCUT2D eigenvalue weighted by Crippen LogP contribution is 2.17.